The third-order valence-corrected chi connectivity index (χ3v) is 4.08. The molecule has 0 bridgehead atoms. The number of aliphatic carboxylic acids is 1. The van der Waals surface area contributed by atoms with Gasteiger partial charge in [0.05, 0.1) is 17.7 Å². The van der Waals surface area contributed by atoms with Gasteiger partial charge in [-0.15, -0.1) is 11.3 Å². The summed E-state index contributed by atoms with van der Waals surface area (Å²) in [7, 11) is 0. The summed E-state index contributed by atoms with van der Waals surface area (Å²) < 4.78 is 0. The van der Waals surface area contributed by atoms with Gasteiger partial charge in [-0.05, 0) is 13.8 Å². The average molecular weight is 299 g/mol. The zero-order valence-corrected chi connectivity index (χ0v) is 12.7. The van der Waals surface area contributed by atoms with Gasteiger partial charge >= 0.3 is 5.97 Å². The Morgan fingerprint density at radius 3 is 2.60 bits per heavy atom. The molecule has 2 N–H and O–H groups in total. The maximum Gasteiger partial charge on any atom is 0.309 e. The van der Waals surface area contributed by atoms with Crippen LogP contribution in [0.1, 0.15) is 19.5 Å². The predicted molar refractivity (Wildman–Crippen MR) is 78.4 cm³/mol. The van der Waals surface area contributed by atoms with Crippen LogP contribution in [-0.4, -0.2) is 64.4 Å². The third-order valence-electron chi connectivity index (χ3n) is 3.13. The maximum absolute atomic E-state index is 10.7. The molecule has 0 radical (unpaired) electrons. The van der Waals surface area contributed by atoms with Crippen molar-refractivity contribution in [2.75, 3.05) is 37.6 Å². The van der Waals surface area contributed by atoms with Crippen molar-refractivity contribution < 1.29 is 15.0 Å². The quantitative estimate of drug-likeness (QED) is 0.832. The van der Waals surface area contributed by atoms with Crippen LogP contribution in [-0.2, 0) is 11.2 Å². The van der Waals surface area contributed by atoms with Gasteiger partial charge in [-0.1, -0.05) is 0 Å². The second-order valence-electron chi connectivity index (χ2n) is 5.77. The first-order valence-corrected chi connectivity index (χ1v) is 7.57. The lowest BCUT2D eigenvalue weighted by atomic mass is 10.1. The van der Waals surface area contributed by atoms with Gasteiger partial charge in [-0.3, -0.25) is 9.69 Å². The van der Waals surface area contributed by atoms with Crippen molar-refractivity contribution in [3.05, 3.63) is 11.1 Å². The van der Waals surface area contributed by atoms with Crippen LogP contribution in [0.5, 0.6) is 0 Å². The van der Waals surface area contributed by atoms with Crippen molar-refractivity contribution in [1.29, 1.82) is 0 Å². The molecule has 0 amide bonds. The van der Waals surface area contributed by atoms with Gasteiger partial charge < -0.3 is 15.1 Å². The van der Waals surface area contributed by atoms with Crippen LogP contribution >= 0.6 is 11.3 Å². The number of aromatic nitrogens is 1. The van der Waals surface area contributed by atoms with Crippen LogP contribution in [0.2, 0.25) is 0 Å². The lowest BCUT2D eigenvalue weighted by Crippen LogP contribution is -2.50. The van der Waals surface area contributed by atoms with Crippen LogP contribution < -0.4 is 4.90 Å². The number of piperazine rings is 1. The number of carbonyl (C=O) groups is 1. The van der Waals surface area contributed by atoms with E-state index in [4.69, 9.17) is 5.11 Å². The van der Waals surface area contributed by atoms with Crippen molar-refractivity contribution >= 4 is 22.4 Å². The van der Waals surface area contributed by atoms with E-state index in [-0.39, 0.29) is 6.42 Å². The molecule has 0 unspecified atom stereocenters. The molecule has 6 nitrogen and oxygen atoms in total. The Morgan fingerprint density at radius 2 is 2.05 bits per heavy atom. The van der Waals surface area contributed by atoms with E-state index in [9.17, 15) is 9.90 Å². The number of rotatable bonds is 5. The zero-order valence-electron chi connectivity index (χ0n) is 11.9. The zero-order chi connectivity index (χ0) is 14.8. The topological polar surface area (TPSA) is 76.9 Å². The Balaban J connectivity index is 1.87. The highest BCUT2D eigenvalue weighted by Crippen LogP contribution is 2.22. The van der Waals surface area contributed by atoms with Crippen LogP contribution in [0.25, 0.3) is 0 Å². The van der Waals surface area contributed by atoms with E-state index in [1.54, 1.807) is 0 Å². The van der Waals surface area contributed by atoms with Crippen molar-refractivity contribution in [1.82, 2.24) is 9.88 Å². The molecule has 1 aromatic heterocycles. The standard InChI is InChI=1S/C13H21N3O3S/c1-13(2,19)9-15-3-5-16(6-4-15)12-14-10(8-20-12)7-11(17)18/h8,19H,3-7,9H2,1-2H3,(H,17,18). The first kappa shape index (κ1) is 15.2. The number of hydrogen-bond acceptors (Lipinski definition) is 6. The number of β-amino-alcohol motifs (C(OH)–C–C–N with tert-alkyl or cyclic N) is 1. The minimum absolute atomic E-state index is 0.0187. The molecule has 1 saturated heterocycles. The van der Waals surface area contributed by atoms with E-state index in [0.29, 0.717) is 12.2 Å². The van der Waals surface area contributed by atoms with Crippen molar-refractivity contribution in [2.45, 2.75) is 25.9 Å². The number of thiazole rings is 1. The van der Waals surface area contributed by atoms with Gasteiger partial charge in [0.15, 0.2) is 5.13 Å². The van der Waals surface area contributed by atoms with E-state index in [1.165, 1.54) is 11.3 Å². The largest absolute Gasteiger partial charge is 0.481 e. The van der Waals surface area contributed by atoms with Crippen molar-refractivity contribution in [2.24, 2.45) is 0 Å². The molecule has 1 fully saturated rings. The molecule has 1 aliphatic heterocycles. The second-order valence-corrected chi connectivity index (χ2v) is 6.60. The van der Waals surface area contributed by atoms with Gasteiger partial charge in [0.25, 0.3) is 0 Å². The minimum atomic E-state index is -0.850. The van der Waals surface area contributed by atoms with E-state index in [2.05, 4.69) is 14.8 Å². The lowest BCUT2D eigenvalue weighted by molar-refractivity contribution is -0.136. The molecule has 2 rings (SSSR count). The van der Waals surface area contributed by atoms with E-state index < -0.39 is 11.6 Å². The molecule has 7 heteroatoms. The van der Waals surface area contributed by atoms with Gasteiger partial charge in [0.2, 0.25) is 0 Å². The molecular formula is C13H21N3O3S. The normalized spacial score (nSPS) is 17.4. The number of carboxylic acids is 1. The fourth-order valence-corrected chi connectivity index (χ4v) is 3.20. The Bertz CT molecular complexity index is 462. The second kappa shape index (κ2) is 6.07. The van der Waals surface area contributed by atoms with E-state index in [0.717, 1.165) is 31.3 Å². The molecule has 20 heavy (non-hydrogen) atoms. The Kier molecular flexibility index (Phi) is 4.62. The highest BCUT2D eigenvalue weighted by molar-refractivity contribution is 7.13. The summed E-state index contributed by atoms with van der Waals surface area (Å²) in [6.07, 6.45) is -0.0187. The molecular weight excluding hydrogens is 278 g/mol. The number of aliphatic hydroxyl groups is 1. The predicted octanol–water partition coefficient (Wildman–Crippen LogP) is 0.663. The summed E-state index contributed by atoms with van der Waals surface area (Å²) in [5.74, 6) is -0.850. The molecule has 1 aliphatic rings. The fourth-order valence-electron chi connectivity index (χ4n) is 2.32. The van der Waals surface area contributed by atoms with E-state index in [1.807, 2.05) is 19.2 Å². The monoisotopic (exact) mass is 299 g/mol. The van der Waals surface area contributed by atoms with E-state index >= 15 is 0 Å². The minimum Gasteiger partial charge on any atom is -0.481 e. The number of carboxylic acid groups (broad SMARTS) is 1. The fraction of sp³-hybridized carbons (Fsp3) is 0.692. The highest BCUT2D eigenvalue weighted by atomic mass is 32.1. The molecule has 112 valence electrons. The summed E-state index contributed by atoms with van der Waals surface area (Å²) in [6.45, 7) is 7.79. The summed E-state index contributed by atoms with van der Waals surface area (Å²) in [4.78, 5) is 19.4. The molecule has 2 heterocycles. The Morgan fingerprint density at radius 1 is 1.40 bits per heavy atom. The third kappa shape index (κ3) is 4.43. The molecule has 0 atom stereocenters. The maximum atomic E-state index is 10.7. The average Bonchev–Trinajstić information content (AvgIpc) is 2.75. The Hall–Kier alpha value is -1.18. The molecule has 1 aromatic rings. The van der Waals surface area contributed by atoms with Crippen molar-refractivity contribution in [3.63, 3.8) is 0 Å². The molecule has 0 aromatic carbocycles. The first-order chi connectivity index (χ1) is 9.33. The SMILES string of the molecule is CC(C)(O)CN1CCN(c2nc(CC(=O)O)cs2)CC1. The van der Waals surface area contributed by atoms with Gasteiger partial charge in [0.1, 0.15) is 0 Å². The molecule has 0 spiro atoms. The summed E-state index contributed by atoms with van der Waals surface area (Å²) in [6, 6.07) is 0. The first-order valence-electron chi connectivity index (χ1n) is 6.69. The number of nitrogens with zero attached hydrogens (tertiary/aromatic N) is 3. The van der Waals surface area contributed by atoms with Crippen LogP contribution in [0, 0.1) is 0 Å². The van der Waals surface area contributed by atoms with Gasteiger partial charge in [0, 0.05) is 38.1 Å². The van der Waals surface area contributed by atoms with Crippen LogP contribution in [0.4, 0.5) is 5.13 Å². The summed E-state index contributed by atoms with van der Waals surface area (Å²) in [5.41, 5.74) is -0.0470. The molecule has 0 aliphatic carbocycles. The lowest BCUT2D eigenvalue weighted by Gasteiger charge is -2.37. The number of hydrogen-bond donors (Lipinski definition) is 2. The summed E-state index contributed by atoms with van der Waals surface area (Å²) >= 11 is 1.50. The van der Waals surface area contributed by atoms with Gasteiger partial charge in [-0.25, -0.2) is 4.98 Å². The molecule has 0 saturated carbocycles. The highest BCUT2D eigenvalue weighted by Gasteiger charge is 2.24. The number of anilines is 1. The van der Waals surface area contributed by atoms with Crippen molar-refractivity contribution in [3.8, 4) is 0 Å². The smallest absolute Gasteiger partial charge is 0.309 e. The summed E-state index contributed by atoms with van der Waals surface area (Å²) in [5, 5.41) is 21.3. The van der Waals surface area contributed by atoms with Crippen LogP contribution in [0.15, 0.2) is 5.38 Å². The van der Waals surface area contributed by atoms with Gasteiger partial charge in [-0.2, -0.15) is 0 Å². The van der Waals surface area contributed by atoms with Crippen LogP contribution in [0.3, 0.4) is 0 Å². The Labute approximate surface area is 122 Å².